The van der Waals surface area contributed by atoms with Gasteiger partial charge in [0.05, 0.1) is 11.1 Å². The van der Waals surface area contributed by atoms with Crippen LogP contribution in [0.3, 0.4) is 0 Å². The quantitative estimate of drug-likeness (QED) is 0.154. The second-order valence-corrected chi connectivity index (χ2v) is 24.2. The van der Waals surface area contributed by atoms with Gasteiger partial charge in [0.2, 0.25) is 0 Å². The third-order valence-electron chi connectivity index (χ3n) is 17.6. The Hall–Kier alpha value is -8.00. The molecule has 1 unspecified atom stereocenters. The van der Waals surface area contributed by atoms with Crippen LogP contribution in [0.15, 0.2) is 231 Å². The Morgan fingerprint density at radius 1 is 0.333 bits per heavy atom. The van der Waals surface area contributed by atoms with Crippen molar-refractivity contribution < 1.29 is 0 Å². The van der Waals surface area contributed by atoms with E-state index in [1.807, 2.05) is 0 Å². The molecule has 0 saturated carbocycles. The molecule has 0 aromatic heterocycles. The predicted octanol–water partition coefficient (Wildman–Crippen LogP) is 19.4. The van der Waals surface area contributed by atoms with Gasteiger partial charge in [0.25, 0.3) is 0 Å². The molecule has 3 aliphatic rings. The third-order valence-corrected chi connectivity index (χ3v) is 17.6. The van der Waals surface area contributed by atoms with Crippen molar-refractivity contribution >= 4 is 17.1 Å². The van der Waals surface area contributed by atoms with Gasteiger partial charge in [-0.3, -0.25) is 0 Å². The summed E-state index contributed by atoms with van der Waals surface area (Å²) in [4.78, 5) is 2.56. The standard InChI is InChI=1S/C74H65N/c1-70(2,3)49-35-39-52(40-36-49)74(53-41-37-50(38-42-53)71(4,5)6)64-30-18-15-25-61(64)68-65(74)31-20-32-67(68)75(55-45-46-59-57-23-14-17-29-63(57)73(9,66(59)47-55)51-21-11-10-12-22-51)54-43-33-48(34-44-54)56-26-19-27-60-58-24-13-16-28-62(58)72(7,8)69(56)60/h10-47H,1-9H3. The van der Waals surface area contributed by atoms with Gasteiger partial charge >= 0.3 is 0 Å². The van der Waals surface area contributed by atoms with Gasteiger partial charge in [0, 0.05) is 27.8 Å². The number of rotatable bonds is 7. The number of hydrogen-bond donors (Lipinski definition) is 0. The highest BCUT2D eigenvalue weighted by Gasteiger charge is 2.48. The van der Waals surface area contributed by atoms with Gasteiger partial charge in [-0.05, 0) is 148 Å². The molecule has 0 fully saturated rings. The van der Waals surface area contributed by atoms with Crippen LogP contribution in [0.25, 0.3) is 44.5 Å². The Bertz CT molecular complexity index is 3800. The molecule has 366 valence electrons. The highest BCUT2D eigenvalue weighted by molar-refractivity contribution is 5.99. The molecule has 10 aromatic carbocycles. The number of benzene rings is 10. The Morgan fingerprint density at radius 3 is 1.44 bits per heavy atom. The SMILES string of the molecule is CC(C)(C)c1ccc(C2(c3ccc(C(C)(C)C)cc3)c3ccccc3-c3c(N(c4ccc(-c5cccc6c5C(C)(C)c5ccccc5-6)cc4)c4ccc5c(c4)C(C)(c4ccccc4)c4ccccc4-5)cccc32)cc1. The first kappa shape index (κ1) is 46.8. The first-order valence-corrected chi connectivity index (χ1v) is 27.0. The van der Waals surface area contributed by atoms with E-state index in [-0.39, 0.29) is 21.7 Å². The Kier molecular flexibility index (Phi) is 10.4. The summed E-state index contributed by atoms with van der Waals surface area (Å²) >= 11 is 0. The summed E-state index contributed by atoms with van der Waals surface area (Å²) in [6.07, 6.45) is 0. The van der Waals surface area contributed by atoms with Crippen LogP contribution >= 0.6 is 0 Å². The summed E-state index contributed by atoms with van der Waals surface area (Å²) in [6.45, 7) is 21.1. The molecular formula is C74H65N. The fourth-order valence-corrected chi connectivity index (χ4v) is 13.7. The van der Waals surface area contributed by atoms with E-state index in [4.69, 9.17) is 0 Å². The molecule has 0 bridgehead atoms. The monoisotopic (exact) mass is 968 g/mol. The highest BCUT2D eigenvalue weighted by Crippen LogP contribution is 2.61. The Balaban J connectivity index is 1.06. The molecule has 0 saturated heterocycles. The molecule has 0 spiro atoms. The third kappa shape index (κ3) is 6.90. The fourth-order valence-electron chi connectivity index (χ4n) is 13.7. The van der Waals surface area contributed by atoms with Crippen molar-refractivity contribution in [3.05, 3.63) is 292 Å². The lowest BCUT2D eigenvalue weighted by Crippen LogP contribution is -2.29. The first-order valence-electron chi connectivity index (χ1n) is 27.0. The molecule has 0 heterocycles. The largest absolute Gasteiger partial charge is 0.310 e. The van der Waals surface area contributed by atoms with E-state index in [0.29, 0.717) is 0 Å². The molecule has 0 aliphatic heterocycles. The van der Waals surface area contributed by atoms with E-state index in [1.165, 1.54) is 106 Å². The zero-order valence-electron chi connectivity index (χ0n) is 44.9. The van der Waals surface area contributed by atoms with Crippen LogP contribution in [-0.2, 0) is 27.1 Å². The number of fused-ring (bicyclic) bond motifs is 9. The molecule has 0 radical (unpaired) electrons. The van der Waals surface area contributed by atoms with Crippen molar-refractivity contribution in [3.8, 4) is 44.5 Å². The summed E-state index contributed by atoms with van der Waals surface area (Å²) < 4.78 is 0. The topological polar surface area (TPSA) is 3.24 Å². The maximum Gasteiger partial charge on any atom is 0.0714 e. The van der Waals surface area contributed by atoms with Gasteiger partial charge in [-0.2, -0.15) is 0 Å². The fraction of sp³-hybridized carbons (Fsp3) is 0.189. The van der Waals surface area contributed by atoms with E-state index in [9.17, 15) is 0 Å². The minimum atomic E-state index is -0.589. The average Bonchev–Trinajstić information content (AvgIpc) is 4.03. The van der Waals surface area contributed by atoms with Crippen LogP contribution in [0.1, 0.15) is 124 Å². The van der Waals surface area contributed by atoms with Crippen LogP contribution in [0.2, 0.25) is 0 Å². The van der Waals surface area contributed by atoms with Crippen molar-refractivity contribution in [3.63, 3.8) is 0 Å². The van der Waals surface area contributed by atoms with E-state index in [1.54, 1.807) is 0 Å². The molecule has 1 nitrogen and oxygen atoms in total. The van der Waals surface area contributed by atoms with Crippen molar-refractivity contribution in [2.75, 3.05) is 4.90 Å². The minimum Gasteiger partial charge on any atom is -0.310 e. The molecule has 3 aliphatic carbocycles. The number of anilines is 3. The van der Waals surface area contributed by atoms with E-state index >= 15 is 0 Å². The van der Waals surface area contributed by atoms with Crippen molar-refractivity contribution in [1.29, 1.82) is 0 Å². The smallest absolute Gasteiger partial charge is 0.0714 e. The predicted molar refractivity (Wildman–Crippen MR) is 316 cm³/mol. The van der Waals surface area contributed by atoms with Crippen LogP contribution in [-0.4, -0.2) is 0 Å². The lowest BCUT2D eigenvalue weighted by Gasteiger charge is -2.35. The number of hydrogen-bond acceptors (Lipinski definition) is 1. The minimum absolute atomic E-state index is 0.0182. The molecule has 1 heteroatoms. The zero-order chi connectivity index (χ0) is 51.6. The number of nitrogens with zero attached hydrogens (tertiary/aromatic N) is 1. The van der Waals surface area contributed by atoms with Crippen molar-refractivity contribution in [2.45, 2.75) is 89.4 Å². The van der Waals surface area contributed by atoms with Gasteiger partial charge < -0.3 is 4.90 Å². The van der Waals surface area contributed by atoms with Crippen LogP contribution in [0.4, 0.5) is 17.1 Å². The Morgan fingerprint density at radius 2 is 0.813 bits per heavy atom. The summed E-state index contributed by atoms with van der Waals surface area (Å²) in [6, 6.07) is 88.2. The van der Waals surface area contributed by atoms with Crippen LogP contribution in [0, 0.1) is 0 Å². The van der Waals surface area contributed by atoms with Crippen LogP contribution in [0.5, 0.6) is 0 Å². The highest BCUT2D eigenvalue weighted by atomic mass is 15.1. The lowest BCUT2D eigenvalue weighted by molar-refractivity contribution is 0.588. The van der Waals surface area contributed by atoms with E-state index in [0.717, 1.165) is 17.1 Å². The molecular weight excluding hydrogens is 903 g/mol. The second kappa shape index (κ2) is 16.8. The molecule has 0 N–H and O–H groups in total. The van der Waals surface area contributed by atoms with Gasteiger partial charge in [-0.15, -0.1) is 0 Å². The zero-order valence-corrected chi connectivity index (χ0v) is 44.9. The summed E-state index contributed by atoms with van der Waals surface area (Å²) in [5.74, 6) is 0. The van der Waals surface area contributed by atoms with E-state index < -0.39 is 5.41 Å². The second-order valence-electron chi connectivity index (χ2n) is 24.2. The van der Waals surface area contributed by atoms with Crippen LogP contribution < -0.4 is 4.90 Å². The lowest BCUT2D eigenvalue weighted by atomic mass is 9.67. The normalized spacial score (nSPS) is 16.3. The summed E-state index contributed by atoms with van der Waals surface area (Å²) in [5, 5.41) is 0. The molecule has 13 rings (SSSR count). The molecule has 1 atom stereocenters. The van der Waals surface area contributed by atoms with Crippen molar-refractivity contribution in [1.82, 2.24) is 0 Å². The van der Waals surface area contributed by atoms with Crippen molar-refractivity contribution in [2.24, 2.45) is 0 Å². The maximum atomic E-state index is 2.56. The van der Waals surface area contributed by atoms with Gasteiger partial charge in [-0.25, -0.2) is 0 Å². The molecule has 10 aromatic rings. The molecule has 75 heavy (non-hydrogen) atoms. The van der Waals surface area contributed by atoms with Gasteiger partial charge in [-0.1, -0.05) is 256 Å². The Labute approximate surface area is 445 Å². The molecule has 0 amide bonds. The summed E-state index contributed by atoms with van der Waals surface area (Å²) in [7, 11) is 0. The maximum absolute atomic E-state index is 2.56. The average molecular weight is 968 g/mol. The van der Waals surface area contributed by atoms with Gasteiger partial charge in [0.1, 0.15) is 0 Å². The summed E-state index contributed by atoms with van der Waals surface area (Å²) in [5.41, 5.74) is 27.2. The van der Waals surface area contributed by atoms with E-state index in [2.05, 4.69) is 298 Å². The van der Waals surface area contributed by atoms with Gasteiger partial charge in [0.15, 0.2) is 0 Å². The first-order chi connectivity index (χ1) is 36.1.